The monoisotopic (exact) mass is 382 g/mol. The average molecular weight is 383 g/mol. The maximum atomic E-state index is 12.5. The number of nitrogens with zero attached hydrogens (tertiary/aromatic N) is 2. The Morgan fingerprint density at radius 1 is 1.19 bits per heavy atom. The molecule has 0 aliphatic rings. The van der Waals surface area contributed by atoms with Crippen molar-refractivity contribution in [3.63, 3.8) is 0 Å². The zero-order chi connectivity index (χ0) is 19.2. The maximum Gasteiger partial charge on any atom is 0.257 e. The molecule has 0 saturated carbocycles. The Morgan fingerprint density at radius 2 is 2.04 bits per heavy atom. The topological polar surface area (TPSA) is 87.1 Å². The van der Waals surface area contributed by atoms with Gasteiger partial charge in [0.15, 0.2) is 0 Å². The van der Waals surface area contributed by atoms with Crippen LogP contribution in [-0.4, -0.2) is 33.6 Å². The number of carbonyl (C=O) groups excluding carboxylic acids is 1. The first-order valence-electron chi connectivity index (χ1n) is 8.43. The summed E-state index contributed by atoms with van der Waals surface area (Å²) < 4.78 is 0. The van der Waals surface area contributed by atoms with Crippen LogP contribution in [0.3, 0.4) is 0 Å². The van der Waals surface area contributed by atoms with Gasteiger partial charge in [0.05, 0.1) is 22.4 Å². The predicted octanol–water partition coefficient (Wildman–Crippen LogP) is 3.84. The van der Waals surface area contributed by atoms with Crippen LogP contribution in [-0.2, 0) is 0 Å². The lowest BCUT2D eigenvalue weighted by Crippen LogP contribution is -2.16. The second-order valence-corrected chi connectivity index (χ2v) is 6.43. The van der Waals surface area contributed by atoms with E-state index < -0.39 is 6.10 Å². The molecule has 0 bridgehead atoms. The summed E-state index contributed by atoms with van der Waals surface area (Å²) in [6.45, 7) is 2.07. The van der Waals surface area contributed by atoms with Gasteiger partial charge in [-0.05, 0) is 49.4 Å². The van der Waals surface area contributed by atoms with E-state index in [9.17, 15) is 9.90 Å². The summed E-state index contributed by atoms with van der Waals surface area (Å²) in [6, 6.07) is 14.2. The van der Waals surface area contributed by atoms with Crippen molar-refractivity contribution in [2.75, 3.05) is 17.2 Å². The maximum absolute atomic E-state index is 12.5. The normalized spacial score (nSPS) is 11.7. The first-order valence-corrected chi connectivity index (χ1v) is 8.81. The summed E-state index contributed by atoms with van der Waals surface area (Å²) in [7, 11) is 0. The molecule has 1 amide bonds. The minimum Gasteiger partial charge on any atom is -0.392 e. The molecular weight excluding hydrogens is 364 g/mol. The van der Waals surface area contributed by atoms with E-state index in [1.807, 2.05) is 18.2 Å². The molecule has 1 atom stereocenters. The molecule has 0 aliphatic heterocycles. The first kappa shape index (κ1) is 18.8. The summed E-state index contributed by atoms with van der Waals surface area (Å²) >= 11 is 6.27. The summed E-state index contributed by atoms with van der Waals surface area (Å²) in [6.07, 6.45) is 2.69. The van der Waals surface area contributed by atoms with Gasteiger partial charge in [0, 0.05) is 30.2 Å². The zero-order valence-corrected chi connectivity index (χ0v) is 15.4. The number of benzene rings is 1. The van der Waals surface area contributed by atoms with Gasteiger partial charge < -0.3 is 15.7 Å². The van der Waals surface area contributed by atoms with E-state index in [1.54, 1.807) is 43.5 Å². The minimum atomic E-state index is -0.479. The summed E-state index contributed by atoms with van der Waals surface area (Å²) in [5, 5.41) is 15.7. The van der Waals surface area contributed by atoms with E-state index in [2.05, 4.69) is 20.6 Å². The SMILES string of the molecule is CC(O)CNc1ccc(C(=O)Nc2ccc(Cl)c(-c3ccccn3)c2)cn1. The summed E-state index contributed by atoms with van der Waals surface area (Å²) in [5.41, 5.74) is 2.51. The Balaban J connectivity index is 1.72. The van der Waals surface area contributed by atoms with Crippen molar-refractivity contribution < 1.29 is 9.90 Å². The molecule has 138 valence electrons. The molecule has 27 heavy (non-hydrogen) atoms. The van der Waals surface area contributed by atoms with Crippen LogP contribution in [0.15, 0.2) is 60.9 Å². The van der Waals surface area contributed by atoms with Crippen LogP contribution < -0.4 is 10.6 Å². The second-order valence-electron chi connectivity index (χ2n) is 6.03. The van der Waals surface area contributed by atoms with Gasteiger partial charge in [0.25, 0.3) is 5.91 Å². The molecule has 0 fully saturated rings. The van der Waals surface area contributed by atoms with Crippen LogP contribution >= 0.6 is 11.6 Å². The van der Waals surface area contributed by atoms with Crippen LogP contribution in [0.4, 0.5) is 11.5 Å². The van der Waals surface area contributed by atoms with Crippen molar-refractivity contribution in [2.45, 2.75) is 13.0 Å². The first-order chi connectivity index (χ1) is 13.0. The molecule has 2 heterocycles. The highest BCUT2D eigenvalue weighted by molar-refractivity contribution is 6.33. The van der Waals surface area contributed by atoms with Crippen molar-refractivity contribution in [1.82, 2.24) is 9.97 Å². The number of pyridine rings is 2. The molecule has 0 radical (unpaired) electrons. The highest BCUT2D eigenvalue weighted by atomic mass is 35.5. The van der Waals surface area contributed by atoms with Gasteiger partial charge in [0.1, 0.15) is 5.82 Å². The molecule has 3 aromatic rings. The minimum absolute atomic E-state index is 0.279. The Labute approximate surface area is 162 Å². The van der Waals surface area contributed by atoms with E-state index in [0.717, 1.165) is 11.3 Å². The molecule has 0 saturated heterocycles. The molecule has 0 aliphatic carbocycles. The van der Waals surface area contributed by atoms with Crippen molar-refractivity contribution in [1.29, 1.82) is 0 Å². The van der Waals surface area contributed by atoms with Crippen molar-refractivity contribution in [2.24, 2.45) is 0 Å². The quantitative estimate of drug-likeness (QED) is 0.603. The number of anilines is 2. The van der Waals surface area contributed by atoms with Crippen LogP contribution in [0.2, 0.25) is 5.02 Å². The third-order valence-corrected chi connectivity index (χ3v) is 4.10. The third kappa shape index (κ3) is 5.03. The van der Waals surface area contributed by atoms with Crippen LogP contribution in [0.25, 0.3) is 11.3 Å². The number of halogens is 1. The van der Waals surface area contributed by atoms with Crippen molar-refractivity contribution in [3.05, 3.63) is 71.5 Å². The molecular formula is C20H19ClN4O2. The standard InChI is InChI=1S/C20H19ClN4O2/c1-13(26)11-23-19-8-5-14(12-24-19)20(27)25-15-6-7-17(21)16(10-15)18-4-2-3-9-22-18/h2-10,12-13,26H,11H2,1H3,(H,23,24)(H,25,27). The van der Waals surface area contributed by atoms with Crippen LogP contribution in [0, 0.1) is 0 Å². The zero-order valence-electron chi connectivity index (χ0n) is 14.7. The van der Waals surface area contributed by atoms with E-state index in [0.29, 0.717) is 28.6 Å². The Morgan fingerprint density at radius 3 is 2.70 bits per heavy atom. The highest BCUT2D eigenvalue weighted by Gasteiger charge is 2.10. The van der Waals surface area contributed by atoms with Crippen molar-refractivity contribution >= 4 is 29.0 Å². The average Bonchev–Trinajstić information content (AvgIpc) is 2.69. The van der Waals surface area contributed by atoms with E-state index in [4.69, 9.17) is 11.6 Å². The van der Waals surface area contributed by atoms with E-state index in [-0.39, 0.29) is 5.91 Å². The summed E-state index contributed by atoms with van der Waals surface area (Å²) in [5.74, 6) is 0.315. The smallest absolute Gasteiger partial charge is 0.257 e. The number of hydrogen-bond acceptors (Lipinski definition) is 5. The third-order valence-electron chi connectivity index (χ3n) is 3.77. The number of hydrogen-bond donors (Lipinski definition) is 3. The largest absolute Gasteiger partial charge is 0.392 e. The highest BCUT2D eigenvalue weighted by Crippen LogP contribution is 2.29. The number of rotatable bonds is 6. The molecule has 3 N–H and O–H groups in total. The predicted molar refractivity (Wildman–Crippen MR) is 107 cm³/mol. The number of carbonyl (C=O) groups is 1. The lowest BCUT2D eigenvalue weighted by Gasteiger charge is -2.10. The van der Waals surface area contributed by atoms with Gasteiger partial charge in [-0.2, -0.15) is 0 Å². The molecule has 6 nitrogen and oxygen atoms in total. The molecule has 2 aromatic heterocycles. The fourth-order valence-electron chi connectivity index (χ4n) is 2.41. The number of amides is 1. The molecule has 7 heteroatoms. The van der Waals surface area contributed by atoms with Gasteiger partial charge in [-0.3, -0.25) is 9.78 Å². The fourth-order valence-corrected chi connectivity index (χ4v) is 2.62. The van der Waals surface area contributed by atoms with Crippen LogP contribution in [0.5, 0.6) is 0 Å². The summed E-state index contributed by atoms with van der Waals surface area (Å²) in [4.78, 5) is 20.9. The number of aliphatic hydroxyl groups excluding tert-OH is 1. The van der Waals surface area contributed by atoms with Gasteiger partial charge in [-0.25, -0.2) is 4.98 Å². The second kappa shape index (κ2) is 8.62. The van der Waals surface area contributed by atoms with E-state index in [1.165, 1.54) is 6.20 Å². The molecule has 0 spiro atoms. The van der Waals surface area contributed by atoms with Crippen molar-refractivity contribution in [3.8, 4) is 11.3 Å². The Kier molecular flexibility index (Phi) is 6.01. The lowest BCUT2D eigenvalue weighted by molar-refractivity contribution is 0.102. The number of aliphatic hydroxyl groups is 1. The molecule has 3 rings (SSSR count). The number of nitrogens with one attached hydrogen (secondary N) is 2. The van der Waals surface area contributed by atoms with Gasteiger partial charge >= 0.3 is 0 Å². The van der Waals surface area contributed by atoms with Gasteiger partial charge in [0.2, 0.25) is 0 Å². The molecule has 1 unspecified atom stereocenters. The fraction of sp³-hybridized carbons (Fsp3) is 0.150. The lowest BCUT2D eigenvalue weighted by atomic mass is 10.1. The van der Waals surface area contributed by atoms with Gasteiger partial charge in [-0.1, -0.05) is 17.7 Å². The Hall–Kier alpha value is -2.96. The molecule has 1 aromatic carbocycles. The van der Waals surface area contributed by atoms with Gasteiger partial charge in [-0.15, -0.1) is 0 Å². The van der Waals surface area contributed by atoms with Crippen LogP contribution in [0.1, 0.15) is 17.3 Å². The number of aromatic nitrogens is 2. The Bertz CT molecular complexity index is 915. The van der Waals surface area contributed by atoms with E-state index >= 15 is 0 Å².